The maximum atomic E-state index is 15.2. The predicted molar refractivity (Wildman–Crippen MR) is 134 cm³/mol. The van der Waals surface area contributed by atoms with Gasteiger partial charge in [0.1, 0.15) is 22.2 Å². The number of pyridine rings is 1. The zero-order valence-corrected chi connectivity index (χ0v) is 20.5. The van der Waals surface area contributed by atoms with Crippen LogP contribution in [0, 0.1) is 37.3 Å². The fraction of sp³-hybridized carbons (Fsp3) is 0.0800. The van der Waals surface area contributed by atoms with Gasteiger partial charge in [-0.05, 0) is 61.7 Å². The third kappa shape index (κ3) is 5.12. The van der Waals surface area contributed by atoms with Crippen LogP contribution in [0.15, 0.2) is 59.8 Å². The van der Waals surface area contributed by atoms with Crippen LogP contribution >= 0.6 is 11.6 Å². The number of aromatic nitrogens is 3. The zero-order valence-electron chi connectivity index (χ0n) is 19.0. The normalized spacial score (nSPS) is 11.0. The first-order chi connectivity index (χ1) is 17.1. The molecular formula is C25H18ClF2N5O2S. The van der Waals surface area contributed by atoms with Crippen LogP contribution in [-0.4, -0.2) is 23.4 Å². The van der Waals surface area contributed by atoms with E-state index in [9.17, 15) is 12.8 Å². The smallest absolute Gasteiger partial charge is 0.264 e. The molecule has 2 aromatic carbocycles. The predicted octanol–water partition coefficient (Wildman–Crippen LogP) is 4.87. The third-order valence-electron chi connectivity index (χ3n) is 5.15. The van der Waals surface area contributed by atoms with Crippen molar-refractivity contribution in [2.24, 2.45) is 0 Å². The van der Waals surface area contributed by atoms with Crippen molar-refractivity contribution in [1.82, 2.24) is 15.0 Å². The number of nitrogens with one attached hydrogen (secondary N) is 1. The number of rotatable bonds is 4. The van der Waals surface area contributed by atoms with E-state index in [0.29, 0.717) is 16.3 Å². The minimum atomic E-state index is -4.35. The Morgan fingerprint density at radius 3 is 2.58 bits per heavy atom. The fourth-order valence-corrected chi connectivity index (χ4v) is 4.69. The van der Waals surface area contributed by atoms with Gasteiger partial charge in [-0.1, -0.05) is 23.6 Å². The van der Waals surface area contributed by atoms with Gasteiger partial charge in [0.05, 0.1) is 28.8 Å². The number of halogens is 3. The van der Waals surface area contributed by atoms with E-state index in [-0.39, 0.29) is 22.1 Å². The molecule has 2 heterocycles. The van der Waals surface area contributed by atoms with Gasteiger partial charge in [0.2, 0.25) is 0 Å². The molecule has 11 heteroatoms. The molecular weight excluding hydrogens is 508 g/mol. The average Bonchev–Trinajstić information content (AvgIpc) is 2.84. The lowest BCUT2D eigenvalue weighted by Gasteiger charge is -2.14. The Hall–Kier alpha value is -4.07. The molecule has 0 spiro atoms. The van der Waals surface area contributed by atoms with Crippen molar-refractivity contribution in [2.45, 2.75) is 18.7 Å². The molecule has 0 atom stereocenters. The Kier molecular flexibility index (Phi) is 6.88. The molecule has 36 heavy (non-hydrogen) atoms. The second-order valence-corrected chi connectivity index (χ2v) is 9.76. The van der Waals surface area contributed by atoms with E-state index >= 15 is 4.39 Å². The number of anilines is 2. The van der Waals surface area contributed by atoms with Crippen molar-refractivity contribution in [3.05, 3.63) is 94.0 Å². The molecule has 0 fully saturated rings. The lowest BCUT2D eigenvalue weighted by molar-refractivity contribution is 0.578. The first-order valence-electron chi connectivity index (χ1n) is 10.4. The summed E-state index contributed by atoms with van der Waals surface area (Å²) in [5, 5.41) is 0.395. The average molecular weight is 526 g/mol. The molecule has 0 unspecified atom stereocenters. The van der Waals surface area contributed by atoms with Gasteiger partial charge < -0.3 is 5.73 Å². The van der Waals surface area contributed by atoms with Gasteiger partial charge in [0, 0.05) is 16.8 Å². The van der Waals surface area contributed by atoms with Crippen LogP contribution in [0.25, 0.3) is 11.3 Å². The van der Waals surface area contributed by atoms with Crippen LogP contribution in [0.1, 0.15) is 22.5 Å². The van der Waals surface area contributed by atoms with Gasteiger partial charge in [0.15, 0.2) is 5.82 Å². The van der Waals surface area contributed by atoms with Crippen molar-refractivity contribution < 1.29 is 17.2 Å². The quantitative estimate of drug-likeness (QED) is 0.368. The molecule has 0 amide bonds. The fourth-order valence-electron chi connectivity index (χ4n) is 3.28. The van der Waals surface area contributed by atoms with Crippen molar-refractivity contribution >= 4 is 33.1 Å². The number of nitrogens with zero attached hydrogens (tertiary/aromatic N) is 3. The minimum Gasteiger partial charge on any atom is -0.382 e. The standard InChI is InChI=1S/C25H18ClF2N5O2S/c1-14-5-6-16(26)12-19(14)24-22(4-3-11-30-24)36(34,35)33-21-10-9-20(27)18(23(21)28)8-7-17-13-31-25(29)15(2)32-17/h3-6,9-13,33H,1-2H3,(H2,29,31). The largest absolute Gasteiger partial charge is 0.382 e. The van der Waals surface area contributed by atoms with E-state index < -0.39 is 32.9 Å². The first kappa shape index (κ1) is 25.0. The summed E-state index contributed by atoms with van der Waals surface area (Å²) in [5.41, 5.74) is 6.40. The SMILES string of the molecule is Cc1ccc(Cl)cc1-c1ncccc1S(=O)(=O)Nc1ccc(F)c(C#Cc2cnc(N)c(C)n2)c1F. The molecule has 0 aliphatic carbocycles. The molecule has 4 rings (SSSR count). The first-order valence-corrected chi connectivity index (χ1v) is 12.3. The van der Waals surface area contributed by atoms with E-state index in [0.717, 1.165) is 17.7 Å². The lowest BCUT2D eigenvalue weighted by Crippen LogP contribution is -2.16. The highest BCUT2D eigenvalue weighted by molar-refractivity contribution is 7.92. The summed E-state index contributed by atoms with van der Waals surface area (Å²) in [6.07, 6.45) is 2.70. The van der Waals surface area contributed by atoms with Crippen molar-refractivity contribution in [2.75, 3.05) is 10.5 Å². The van der Waals surface area contributed by atoms with Crippen LogP contribution in [0.2, 0.25) is 5.02 Å². The maximum absolute atomic E-state index is 15.2. The van der Waals surface area contributed by atoms with Gasteiger partial charge in [-0.3, -0.25) is 9.71 Å². The number of aryl methyl sites for hydroxylation is 2. The summed E-state index contributed by atoms with van der Waals surface area (Å²) in [6, 6.07) is 9.64. The van der Waals surface area contributed by atoms with E-state index in [2.05, 4.69) is 31.5 Å². The Morgan fingerprint density at radius 1 is 1.06 bits per heavy atom. The number of nitrogen functional groups attached to an aromatic ring is 1. The molecule has 7 nitrogen and oxygen atoms in total. The Balaban J connectivity index is 1.74. The van der Waals surface area contributed by atoms with Crippen LogP contribution in [0.4, 0.5) is 20.3 Å². The van der Waals surface area contributed by atoms with E-state index in [1.54, 1.807) is 32.0 Å². The van der Waals surface area contributed by atoms with Crippen molar-refractivity contribution in [1.29, 1.82) is 0 Å². The number of hydrogen-bond acceptors (Lipinski definition) is 6. The van der Waals surface area contributed by atoms with Crippen molar-refractivity contribution in [3.63, 3.8) is 0 Å². The molecule has 182 valence electrons. The van der Waals surface area contributed by atoms with E-state index in [4.69, 9.17) is 17.3 Å². The van der Waals surface area contributed by atoms with Crippen LogP contribution < -0.4 is 10.5 Å². The van der Waals surface area contributed by atoms with Crippen LogP contribution in [-0.2, 0) is 10.0 Å². The molecule has 4 aromatic rings. The van der Waals surface area contributed by atoms with Gasteiger partial charge in [0.25, 0.3) is 10.0 Å². The van der Waals surface area contributed by atoms with Crippen molar-refractivity contribution in [3.8, 4) is 23.1 Å². The summed E-state index contributed by atoms with van der Waals surface area (Å²) in [6.45, 7) is 3.39. The number of hydrogen-bond donors (Lipinski definition) is 2. The molecule has 3 N–H and O–H groups in total. The summed E-state index contributed by atoms with van der Waals surface area (Å²) in [7, 11) is -4.35. The second-order valence-electron chi connectivity index (χ2n) is 7.67. The third-order valence-corrected chi connectivity index (χ3v) is 6.78. The lowest BCUT2D eigenvalue weighted by atomic mass is 10.1. The van der Waals surface area contributed by atoms with Gasteiger partial charge in [-0.15, -0.1) is 0 Å². The Labute approximate surface area is 211 Å². The molecule has 0 aliphatic heterocycles. The molecule has 0 radical (unpaired) electrons. The number of benzene rings is 2. The minimum absolute atomic E-state index is 0.129. The monoisotopic (exact) mass is 525 g/mol. The topological polar surface area (TPSA) is 111 Å². The molecule has 0 saturated heterocycles. The highest BCUT2D eigenvalue weighted by atomic mass is 35.5. The number of sulfonamides is 1. The highest BCUT2D eigenvalue weighted by Crippen LogP contribution is 2.32. The van der Waals surface area contributed by atoms with Gasteiger partial charge >= 0.3 is 0 Å². The maximum Gasteiger partial charge on any atom is 0.264 e. The zero-order chi connectivity index (χ0) is 26.0. The molecule has 0 bridgehead atoms. The van der Waals surface area contributed by atoms with Crippen LogP contribution in [0.5, 0.6) is 0 Å². The van der Waals surface area contributed by atoms with E-state index in [1.807, 2.05) is 0 Å². The number of nitrogens with two attached hydrogens (primary N) is 1. The summed E-state index contributed by atoms with van der Waals surface area (Å²) in [4.78, 5) is 12.0. The van der Waals surface area contributed by atoms with E-state index in [1.165, 1.54) is 24.5 Å². The van der Waals surface area contributed by atoms with Gasteiger partial charge in [-0.25, -0.2) is 27.2 Å². The van der Waals surface area contributed by atoms with Gasteiger partial charge in [-0.2, -0.15) is 0 Å². The molecule has 0 aliphatic rings. The molecule has 2 aromatic heterocycles. The second kappa shape index (κ2) is 9.89. The Bertz CT molecular complexity index is 1670. The Morgan fingerprint density at radius 2 is 1.83 bits per heavy atom. The summed E-state index contributed by atoms with van der Waals surface area (Å²) >= 11 is 6.10. The molecule has 0 saturated carbocycles. The summed E-state index contributed by atoms with van der Waals surface area (Å²) < 4.78 is 58.3. The summed E-state index contributed by atoms with van der Waals surface area (Å²) in [5.74, 6) is 2.92. The highest BCUT2D eigenvalue weighted by Gasteiger charge is 2.24. The van der Waals surface area contributed by atoms with Crippen LogP contribution in [0.3, 0.4) is 0 Å².